The Morgan fingerprint density at radius 2 is 2.38 bits per heavy atom. The molecule has 1 aromatic heterocycles. The van der Waals surface area contributed by atoms with Gasteiger partial charge in [0.25, 0.3) is 5.91 Å². The zero-order valence-corrected chi connectivity index (χ0v) is 8.15. The van der Waals surface area contributed by atoms with Crippen LogP contribution in [0, 0.1) is 0 Å². The summed E-state index contributed by atoms with van der Waals surface area (Å²) in [6.45, 7) is 3.61. The number of hydrogen-bond donors (Lipinski definition) is 1. The maximum atomic E-state index is 11.2. The third kappa shape index (κ3) is 2.79. The maximum absolute atomic E-state index is 11.2. The van der Waals surface area contributed by atoms with Gasteiger partial charge in [-0.05, 0) is 6.07 Å². The molecule has 0 bridgehead atoms. The fourth-order valence-corrected chi connectivity index (χ4v) is 0.961. The summed E-state index contributed by atoms with van der Waals surface area (Å²) < 4.78 is 4.84. The van der Waals surface area contributed by atoms with Gasteiger partial charge in [-0.1, -0.05) is 29.8 Å². The van der Waals surface area contributed by atoms with Crippen LogP contribution in [0.2, 0.25) is 5.02 Å². The summed E-state index contributed by atoms with van der Waals surface area (Å²) in [6, 6.07) is 1.49. The molecule has 70 valence electrons. The van der Waals surface area contributed by atoms with Crippen molar-refractivity contribution in [2.24, 2.45) is 0 Å². The van der Waals surface area contributed by atoms with E-state index >= 15 is 0 Å². The Bertz CT molecular complexity index is 333. The molecule has 13 heavy (non-hydrogen) atoms. The van der Waals surface area contributed by atoms with Crippen LogP contribution in [0.25, 0.3) is 0 Å². The predicted octanol–water partition coefficient (Wildman–Crippen LogP) is 2.42. The Morgan fingerprint density at radius 1 is 1.69 bits per heavy atom. The quantitative estimate of drug-likeness (QED) is 0.849. The third-order valence-corrected chi connectivity index (χ3v) is 1.70. The molecule has 0 fully saturated rings. The Balaban J connectivity index is 2.59. The maximum Gasteiger partial charge on any atom is 0.288 e. The van der Waals surface area contributed by atoms with Gasteiger partial charge in [0.2, 0.25) is 5.76 Å². The van der Waals surface area contributed by atoms with Crippen molar-refractivity contribution in [2.75, 3.05) is 6.54 Å². The monoisotopic (exact) mass is 219 g/mol. The van der Waals surface area contributed by atoms with Gasteiger partial charge in [0.15, 0.2) is 0 Å². The van der Waals surface area contributed by atoms with Gasteiger partial charge in [0.1, 0.15) is 0 Å². The smallest absolute Gasteiger partial charge is 0.288 e. The molecular formula is C8H7Cl2NO2. The number of amides is 1. The summed E-state index contributed by atoms with van der Waals surface area (Å²) in [5.74, 6) is -0.323. The normalized spacial score (nSPS) is 9.69. The van der Waals surface area contributed by atoms with E-state index in [1.54, 1.807) is 0 Å². The highest BCUT2D eigenvalue weighted by Gasteiger charge is 2.12. The van der Waals surface area contributed by atoms with Crippen molar-refractivity contribution in [3.8, 4) is 0 Å². The molecule has 0 aliphatic carbocycles. The number of carbonyl (C=O) groups is 1. The minimum absolute atomic E-state index is 0.0829. The summed E-state index contributed by atoms with van der Waals surface area (Å²) in [5, 5.41) is 3.10. The summed E-state index contributed by atoms with van der Waals surface area (Å²) >= 11 is 11.1. The average Bonchev–Trinajstić information content (AvgIpc) is 2.47. The van der Waals surface area contributed by atoms with Crippen LogP contribution in [0.15, 0.2) is 28.4 Å². The molecule has 1 rings (SSSR count). The molecule has 1 amide bonds. The standard InChI is InChI=1S/C8H7Cl2NO2/c1-5(9)4-11-8(12)7-6(10)2-3-13-7/h2-3H,1,4H2,(H,11,12). The first-order valence-electron chi connectivity index (χ1n) is 3.45. The number of nitrogens with one attached hydrogen (secondary N) is 1. The van der Waals surface area contributed by atoms with E-state index in [4.69, 9.17) is 27.6 Å². The molecule has 0 saturated carbocycles. The molecule has 1 heterocycles. The summed E-state index contributed by atoms with van der Waals surface area (Å²) in [4.78, 5) is 11.2. The van der Waals surface area contributed by atoms with Crippen molar-refractivity contribution in [3.05, 3.63) is 34.7 Å². The van der Waals surface area contributed by atoms with Gasteiger partial charge in [-0.2, -0.15) is 0 Å². The van der Waals surface area contributed by atoms with Crippen LogP contribution in [-0.4, -0.2) is 12.5 Å². The molecule has 0 unspecified atom stereocenters. The van der Waals surface area contributed by atoms with Crippen molar-refractivity contribution >= 4 is 29.1 Å². The molecule has 0 aliphatic heterocycles. The van der Waals surface area contributed by atoms with Crippen molar-refractivity contribution < 1.29 is 9.21 Å². The van der Waals surface area contributed by atoms with Crippen LogP contribution in [0.5, 0.6) is 0 Å². The van der Waals surface area contributed by atoms with E-state index in [9.17, 15) is 4.79 Å². The lowest BCUT2D eigenvalue weighted by Crippen LogP contribution is -2.24. The highest BCUT2D eigenvalue weighted by molar-refractivity contribution is 6.33. The molecule has 0 atom stereocenters. The number of hydrogen-bond acceptors (Lipinski definition) is 2. The minimum atomic E-state index is -0.406. The Labute approximate surface area is 85.3 Å². The molecular weight excluding hydrogens is 213 g/mol. The molecule has 0 aromatic carbocycles. The fourth-order valence-electron chi connectivity index (χ4n) is 0.712. The van der Waals surface area contributed by atoms with Crippen molar-refractivity contribution in [2.45, 2.75) is 0 Å². The lowest BCUT2D eigenvalue weighted by Gasteiger charge is -2.00. The largest absolute Gasteiger partial charge is 0.458 e. The molecule has 3 nitrogen and oxygen atoms in total. The zero-order chi connectivity index (χ0) is 9.84. The van der Waals surface area contributed by atoms with Crippen molar-refractivity contribution in [1.29, 1.82) is 0 Å². The van der Waals surface area contributed by atoms with Gasteiger partial charge >= 0.3 is 0 Å². The van der Waals surface area contributed by atoms with E-state index < -0.39 is 5.91 Å². The van der Waals surface area contributed by atoms with Crippen LogP contribution >= 0.6 is 23.2 Å². The lowest BCUT2D eigenvalue weighted by molar-refractivity contribution is 0.0930. The number of halogens is 2. The van der Waals surface area contributed by atoms with Gasteiger partial charge in [-0.25, -0.2) is 0 Å². The molecule has 0 radical (unpaired) electrons. The van der Waals surface area contributed by atoms with E-state index in [0.29, 0.717) is 5.03 Å². The van der Waals surface area contributed by atoms with Crippen LogP contribution in [0.1, 0.15) is 10.6 Å². The second kappa shape index (κ2) is 4.35. The first-order valence-corrected chi connectivity index (χ1v) is 4.21. The van der Waals surface area contributed by atoms with Gasteiger partial charge in [0, 0.05) is 5.03 Å². The van der Waals surface area contributed by atoms with E-state index in [1.165, 1.54) is 12.3 Å². The number of carbonyl (C=O) groups excluding carboxylic acids is 1. The van der Waals surface area contributed by atoms with Gasteiger partial charge in [-0.3, -0.25) is 4.79 Å². The van der Waals surface area contributed by atoms with E-state index in [-0.39, 0.29) is 17.3 Å². The van der Waals surface area contributed by atoms with Crippen LogP contribution in [0.3, 0.4) is 0 Å². The summed E-state index contributed by atoms with van der Waals surface area (Å²) in [7, 11) is 0. The Hall–Kier alpha value is -0.930. The van der Waals surface area contributed by atoms with Crippen molar-refractivity contribution in [3.63, 3.8) is 0 Å². The first kappa shape index (κ1) is 10.2. The van der Waals surface area contributed by atoms with Crippen LogP contribution < -0.4 is 5.32 Å². The average molecular weight is 220 g/mol. The molecule has 0 aliphatic rings. The second-order valence-electron chi connectivity index (χ2n) is 2.30. The predicted molar refractivity (Wildman–Crippen MR) is 51.0 cm³/mol. The highest BCUT2D eigenvalue weighted by Crippen LogP contribution is 2.16. The molecule has 1 N–H and O–H groups in total. The molecule has 0 saturated heterocycles. The number of rotatable bonds is 3. The fraction of sp³-hybridized carbons (Fsp3) is 0.125. The van der Waals surface area contributed by atoms with Gasteiger partial charge < -0.3 is 9.73 Å². The van der Waals surface area contributed by atoms with Gasteiger partial charge in [-0.15, -0.1) is 0 Å². The topological polar surface area (TPSA) is 42.2 Å². The molecule has 5 heteroatoms. The second-order valence-corrected chi connectivity index (χ2v) is 3.24. The van der Waals surface area contributed by atoms with E-state index in [0.717, 1.165) is 0 Å². The van der Waals surface area contributed by atoms with E-state index in [2.05, 4.69) is 11.9 Å². The van der Waals surface area contributed by atoms with Crippen molar-refractivity contribution in [1.82, 2.24) is 5.32 Å². The lowest BCUT2D eigenvalue weighted by atomic mass is 10.4. The highest BCUT2D eigenvalue weighted by atomic mass is 35.5. The molecule has 1 aromatic rings. The third-order valence-electron chi connectivity index (χ3n) is 1.26. The number of furan rings is 1. The van der Waals surface area contributed by atoms with E-state index in [1.807, 2.05) is 0 Å². The Morgan fingerprint density at radius 3 is 2.85 bits per heavy atom. The zero-order valence-electron chi connectivity index (χ0n) is 6.64. The van der Waals surface area contributed by atoms with Crippen LogP contribution in [0.4, 0.5) is 0 Å². The SMILES string of the molecule is C=C(Cl)CNC(=O)c1occc1Cl. The summed E-state index contributed by atoms with van der Waals surface area (Å²) in [6.07, 6.45) is 1.34. The Kier molecular flexibility index (Phi) is 3.39. The van der Waals surface area contributed by atoms with Crippen LogP contribution in [-0.2, 0) is 0 Å². The van der Waals surface area contributed by atoms with Gasteiger partial charge in [0.05, 0.1) is 17.8 Å². The molecule has 0 spiro atoms. The summed E-state index contributed by atoms with van der Waals surface area (Å²) in [5.41, 5.74) is 0. The first-order chi connectivity index (χ1) is 6.11. The minimum Gasteiger partial charge on any atom is -0.458 e.